The van der Waals surface area contributed by atoms with E-state index >= 15 is 0 Å². The van der Waals surface area contributed by atoms with Crippen LogP contribution in [0.1, 0.15) is 72.1 Å². The fourth-order valence-corrected chi connectivity index (χ4v) is 2.21. The van der Waals surface area contributed by atoms with Gasteiger partial charge in [0.2, 0.25) is 0 Å². The molecule has 0 aromatic heterocycles. The molecular formula is C16H35NO. The van der Waals surface area contributed by atoms with Crippen LogP contribution in [0.5, 0.6) is 0 Å². The highest BCUT2D eigenvalue weighted by atomic mass is 16.5. The molecular weight excluding hydrogens is 222 g/mol. The Balaban J connectivity index is 3.27. The third-order valence-corrected chi connectivity index (χ3v) is 3.59. The third-order valence-electron chi connectivity index (χ3n) is 3.59. The molecule has 0 aromatic rings. The van der Waals surface area contributed by atoms with Crippen molar-refractivity contribution in [1.29, 1.82) is 0 Å². The van der Waals surface area contributed by atoms with E-state index in [1.54, 1.807) is 7.11 Å². The summed E-state index contributed by atoms with van der Waals surface area (Å²) in [6.07, 6.45) is 11.1. The fourth-order valence-electron chi connectivity index (χ4n) is 2.21. The second kappa shape index (κ2) is 13.4. The molecule has 1 unspecified atom stereocenters. The Morgan fingerprint density at radius 1 is 0.889 bits per heavy atom. The summed E-state index contributed by atoms with van der Waals surface area (Å²) in [5.74, 6) is 0.652. The normalized spacial score (nSPS) is 13.2. The lowest BCUT2D eigenvalue weighted by Gasteiger charge is -2.21. The first-order valence-corrected chi connectivity index (χ1v) is 7.94. The van der Waals surface area contributed by atoms with Gasteiger partial charge in [0.05, 0.1) is 6.61 Å². The number of unbranched alkanes of at least 4 members (excludes halogenated alkanes) is 7. The molecule has 0 spiro atoms. The van der Waals surface area contributed by atoms with E-state index in [1.807, 2.05) is 0 Å². The van der Waals surface area contributed by atoms with Crippen molar-refractivity contribution < 1.29 is 4.74 Å². The Bertz CT molecular complexity index is 159. The van der Waals surface area contributed by atoms with Gasteiger partial charge in [-0.05, 0) is 18.9 Å². The Morgan fingerprint density at radius 2 is 1.44 bits per heavy atom. The molecule has 0 aliphatic carbocycles. The predicted octanol–water partition coefficient (Wildman–Crippen LogP) is 4.39. The maximum atomic E-state index is 5.24. The van der Waals surface area contributed by atoms with Crippen LogP contribution in [0.2, 0.25) is 0 Å². The molecule has 0 fully saturated rings. The third kappa shape index (κ3) is 11.0. The number of hydrogen-bond donors (Lipinski definition) is 1. The summed E-state index contributed by atoms with van der Waals surface area (Å²) in [6, 6.07) is 0.513. The first kappa shape index (κ1) is 17.9. The number of hydrogen-bond acceptors (Lipinski definition) is 2. The van der Waals surface area contributed by atoms with Crippen LogP contribution in [0, 0.1) is 5.92 Å². The molecule has 0 saturated heterocycles. The van der Waals surface area contributed by atoms with Crippen molar-refractivity contribution in [3.63, 3.8) is 0 Å². The second-order valence-corrected chi connectivity index (χ2v) is 5.73. The lowest BCUT2D eigenvalue weighted by Crippen LogP contribution is -2.38. The highest BCUT2D eigenvalue weighted by molar-refractivity contribution is 4.69. The molecule has 2 nitrogen and oxygen atoms in total. The fraction of sp³-hybridized carbons (Fsp3) is 1.00. The summed E-state index contributed by atoms with van der Waals surface area (Å²) in [4.78, 5) is 0. The van der Waals surface area contributed by atoms with Crippen molar-refractivity contribution >= 4 is 0 Å². The molecule has 110 valence electrons. The van der Waals surface area contributed by atoms with Gasteiger partial charge in [0, 0.05) is 13.2 Å². The van der Waals surface area contributed by atoms with Crippen LogP contribution in [0.3, 0.4) is 0 Å². The van der Waals surface area contributed by atoms with Crippen LogP contribution in [0.4, 0.5) is 0 Å². The van der Waals surface area contributed by atoms with Crippen molar-refractivity contribution in [2.75, 3.05) is 20.3 Å². The highest BCUT2D eigenvalue weighted by Gasteiger charge is 2.11. The number of ether oxygens (including phenoxy) is 1. The van der Waals surface area contributed by atoms with E-state index in [0.29, 0.717) is 12.0 Å². The number of methoxy groups -OCH3 is 1. The summed E-state index contributed by atoms with van der Waals surface area (Å²) in [7, 11) is 1.79. The van der Waals surface area contributed by atoms with Gasteiger partial charge in [-0.25, -0.2) is 0 Å². The molecule has 0 saturated carbocycles. The zero-order valence-corrected chi connectivity index (χ0v) is 13.1. The summed E-state index contributed by atoms with van der Waals surface area (Å²) in [5, 5.41) is 3.61. The van der Waals surface area contributed by atoms with E-state index in [0.717, 1.165) is 13.2 Å². The van der Waals surface area contributed by atoms with Crippen LogP contribution in [-0.4, -0.2) is 26.3 Å². The van der Waals surface area contributed by atoms with Crippen molar-refractivity contribution in [2.24, 2.45) is 5.92 Å². The minimum absolute atomic E-state index is 0.513. The van der Waals surface area contributed by atoms with E-state index in [-0.39, 0.29) is 0 Å². The lowest BCUT2D eigenvalue weighted by atomic mass is 10.0. The van der Waals surface area contributed by atoms with E-state index in [4.69, 9.17) is 4.74 Å². The van der Waals surface area contributed by atoms with E-state index in [1.165, 1.54) is 51.4 Å². The zero-order chi connectivity index (χ0) is 13.6. The summed E-state index contributed by atoms with van der Waals surface area (Å²) >= 11 is 0. The number of rotatable bonds is 13. The van der Waals surface area contributed by atoms with Gasteiger partial charge in [-0.3, -0.25) is 0 Å². The Labute approximate surface area is 115 Å². The highest BCUT2D eigenvalue weighted by Crippen LogP contribution is 2.08. The van der Waals surface area contributed by atoms with Gasteiger partial charge in [0.15, 0.2) is 0 Å². The topological polar surface area (TPSA) is 21.3 Å². The Morgan fingerprint density at radius 3 is 1.94 bits per heavy atom. The lowest BCUT2D eigenvalue weighted by molar-refractivity contribution is 0.147. The molecule has 0 rings (SSSR count). The molecule has 0 bridgehead atoms. The smallest absolute Gasteiger partial charge is 0.0618 e. The van der Waals surface area contributed by atoms with Gasteiger partial charge >= 0.3 is 0 Å². The average molecular weight is 257 g/mol. The molecule has 0 aliphatic rings. The minimum Gasteiger partial charge on any atom is -0.383 e. The number of nitrogens with one attached hydrogen (secondary N) is 1. The van der Waals surface area contributed by atoms with Gasteiger partial charge < -0.3 is 10.1 Å². The van der Waals surface area contributed by atoms with Crippen LogP contribution < -0.4 is 5.32 Å². The maximum Gasteiger partial charge on any atom is 0.0618 e. The van der Waals surface area contributed by atoms with Gasteiger partial charge in [0.1, 0.15) is 0 Å². The van der Waals surface area contributed by atoms with Crippen LogP contribution >= 0.6 is 0 Å². The van der Waals surface area contributed by atoms with Gasteiger partial charge in [0.25, 0.3) is 0 Å². The summed E-state index contributed by atoms with van der Waals surface area (Å²) in [6.45, 7) is 8.75. The van der Waals surface area contributed by atoms with Crippen molar-refractivity contribution in [3.05, 3.63) is 0 Å². The molecule has 0 aromatic carbocycles. The van der Waals surface area contributed by atoms with Gasteiger partial charge in [-0.2, -0.15) is 0 Å². The van der Waals surface area contributed by atoms with E-state index in [2.05, 4.69) is 26.1 Å². The monoisotopic (exact) mass is 257 g/mol. The molecule has 0 amide bonds. The Kier molecular flexibility index (Phi) is 13.3. The SMILES string of the molecule is CCCCCCCCCCNC(COC)C(C)C. The first-order valence-electron chi connectivity index (χ1n) is 7.94. The molecule has 0 radical (unpaired) electrons. The first-order chi connectivity index (χ1) is 8.72. The van der Waals surface area contributed by atoms with E-state index < -0.39 is 0 Å². The van der Waals surface area contributed by atoms with Crippen molar-refractivity contribution in [1.82, 2.24) is 5.32 Å². The van der Waals surface area contributed by atoms with Gasteiger partial charge in [-0.15, -0.1) is 0 Å². The zero-order valence-electron chi connectivity index (χ0n) is 13.1. The summed E-state index contributed by atoms with van der Waals surface area (Å²) in [5.41, 5.74) is 0. The van der Waals surface area contributed by atoms with Crippen LogP contribution in [-0.2, 0) is 4.74 Å². The average Bonchev–Trinajstić information content (AvgIpc) is 2.35. The Hall–Kier alpha value is -0.0800. The molecule has 18 heavy (non-hydrogen) atoms. The standard InChI is InChI=1S/C16H35NO/c1-5-6-7-8-9-10-11-12-13-17-16(14-18-4)15(2)3/h15-17H,5-14H2,1-4H3. The van der Waals surface area contributed by atoms with Crippen LogP contribution in [0.25, 0.3) is 0 Å². The maximum absolute atomic E-state index is 5.24. The predicted molar refractivity (Wildman–Crippen MR) is 81.1 cm³/mol. The molecule has 0 aliphatic heterocycles. The molecule has 2 heteroatoms. The summed E-state index contributed by atoms with van der Waals surface area (Å²) < 4.78 is 5.24. The van der Waals surface area contributed by atoms with Crippen molar-refractivity contribution in [2.45, 2.75) is 78.2 Å². The minimum atomic E-state index is 0.513. The van der Waals surface area contributed by atoms with Crippen LogP contribution in [0.15, 0.2) is 0 Å². The quantitative estimate of drug-likeness (QED) is 0.494. The molecule has 0 heterocycles. The molecule has 1 atom stereocenters. The van der Waals surface area contributed by atoms with Gasteiger partial charge in [-0.1, -0.05) is 65.7 Å². The largest absolute Gasteiger partial charge is 0.383 e. The second-order valence-electron chi connectivity index (χ2n) is 5.73. The van der Waals surface area contributed by atoms with E-state index in [9.17, 15) is 0 Å². The van der Waals surface area contributed by atoms with Crippen molar-refractivity contribution in [3.8, 4) is 0 Å². The molecule has 1 N–H and O–H groups in total.